The number of hydrogen-bond acceptors (Lipinski definition) is 6. The van der Waals surface area contributed by atoms with Gasteiger partial charge in [0.05, 0.1) is 0 Å². The molecule has 1 saturated heterocycles. The summed E-state index contributed by atoms with van der Waals surface area (Å²) in [6.45, 7) is 0.922. The third kappa shape index (κ3) is 4.14. The molecule has 3 aliphatic rings. The van der Waals surface area contributed by atoms with Crippen molar-refractivity contribution in [1.82, 2.24) is 9.88 Å². The maximum atomic E-state index is 12.5. The number of carbonyl (C=O) groups is 2. The summed E-state index contributed by atoms with van der Waals surface area (Å²) in [5.74, 6) is 1.17. The lowest BCUT2D eigenvalue weighted by molar-refractivity contribution is -0.153. The highest BCUT2D eigenvalue weighted by Crippen LogP contribution is 2.46. The van der Waals surface area contributed by atoms with Gasteiger partial charge in [-0.05, 0) is 43.2 Å². The Morgan fingerprint density at radius 3 is 2.75 bits per heavy atom. The summed E-state index contributed by atoms with van der Waals surface area (Å²) in [6, 6.07) is 3.57. The summed E-state index contributed by atoms with van der Waals surface area (Å²) >= 11 is 0. The van der Waals surface area contributed by atoms with Gasteiger partial charge >= 0.3 is 0 Å². The van der Waals surface area contributed by atoms with Gasteiger partial charge in [0.2, 0.25) is 11.8 Å². The molecule has 152 valence electrons. The van der Waals surface area contributed by atoms with Crippen LogP contribution >= 0.6 is 0 Å². The van der Waals surface area contributed by atoms with Crippen molar-refractivity contribution in [1.29, 1.82) is 0 Å². The number of amides is 2. The van der Waals surface area contributed by atoms with Gasteiger partial charge in [0.15, 0.2) is 5.75 Å². The molecule has 1 aromatic heterocycles. The molecule has 2 unspecified atom stereocenters. The lowest BCUT2D eigenvalue weighted by Gasteiger charge is -2.37. The largest absolute Gasteiger partial charge is 0.484 e. The van der Waals surface area contributed by atoms with Crippen molar-refractivity contribution in [3.63, 3.8) is 0 Å². The lowest BCUT2D eigenvalue weighted by Crippen LogP contribution is -2.47. The summed E-state index contributed by atoms with van der Waals surface area (Å²) in [4.78, 5) is 30.6. The fraction of sp³-hybridized carbons (Fsp3) is 0.667. The SMILES string of the molecule is NC(CCCN1C(=O)CC2(CCCC2)CC1=O)CC1COc2cccnc2O1. The van der Waals surface area contributed by atoms with Crippen molar-refractivity contribution in [2.24, 2.45) is 11.1 Å². The second kappa shape index (κ2) is 8.07. The Morgan fingerprint density at radius 1 is 1.25 bits per heavy atom. The average molecular weight is 387 g/mol. The molecule has 0 bridgehead atoms. The number of nitrogens with two attached hydrogens (primary N) is 1. The molecule has 3 heterocycles. The van der Waals surface area contributed by atoms with E-state index in [1.165, 1.54) is 4.90 Å². The van der Waals surface area contributed by atoms with Crippen LogP contribution in [0.25, 0.3) is 0 Å². The molecule has 0 radical (unpaired) electrons. The zero-order valence-corrected chi connectivity index (χ0v) is 16.3. The minimum absolute atomic E-state index is 0.00147. The molecule has 1 aromatic rings. The molecule has 7 heteroatoms. The van der Waals surface area contributed by atoms with Crippen LogP contribution in [0.3, 0.4) is 0 Å². The zero-order chi connectivity index (χ0) is 19.6. The smallest absolute Gasteiger partial charge is 0.257 e. The first-order valence-electron chi connectivity index (χ1n) is 10.4. The van der Waals surface area contributed by atoms with Crippen molar-refractivity contribution in [3.8, 4) is 11.6 Å². The van der Waals surface area contributed by atoms with Crippen molar-refractivity contribution in [2.45, 2.75) is 69.9 Å². The van der Waals surface area contributed by atoms with Crippen LogP contribution in [0.2, 0.25) is 0 Å². The van der Waals surface area contributed by atoms with Gasteiger partial charge in [-0.15, -0.1) is 0 Å². The summed E-state index contributed by atoms with van der Waals surface area (Å²) in [6.07, 6.45) is 9.03. The Morgan fingerprint density at radius 2 is 2.00 bits per heavy atom. The fourth-order valence-corrected chi connectivity index (χ4v) is 4.79. The van der Waals surface area contributed by atoms with E-state index in [4.69, 9.17) is 15.2 Å². The highest BCUT2D eigenvalue weighted by atomic mass is 16.6. The summed E-state index contributed by atoms with van der Waals surface area (Å²) < 4.78 is 11.5. The van der Waals surface area contributed by atoms with Gasteiger partial charge in [0.25, 0.3) is 5.88 Å². The first kappa shape index (κ1) is 19.2. The van der Waals surface area contributed by atoms with Gasteiger partial charge < -0.3 is 15.2 Å². The van der Waals surface area contributed by atoms with Gasteiger partial charge in [-0.25, -0.2) is 4.98 Å². The average Bonchev–Trinajstić information content (AvgIpc) is 3.11. The Balaban J connectivity index is 1.21. The molecule has 4 rings (SSSR count). The number of pyridine rings is 1. The zero-order valence-electron chi connectivity index (χ0n) is 16.3. The number of fused-ring (bicyclic) bond motifs is 1. The monoisotopic (exact) mass is 387 g/mol. The molecule has 7 nitrogen and oxygen atoms in total. The summed E-state index contributed by atoms with van der Waals surface area (Å²) in [7, 11) is 0. The highest BCUT2D eigenvalue weighted by molar-refractivity contribution is 5.98. The first-order valence-corrected chi connectivity index (χ1v) is 10.4. The van der Waals surface area contributed by atoms with Crippen LogP contribution in [0, 0.1) is 5.41 Å². The van der Waals surface area contributed by atoms with E-state index in [-0.39, 0.29) is 29.4 Å². The maximum absolute atomic E-state index is 12.5. The summed E-state index contributed by atoms with van der Waals surface area (Å²) in [5.41, 5.74) is 6.22. The van der Waals surface area contributed by atoms with Gasteiger partial charge in [0, 0.05) is 38.0 Å². The van der Waals surface area contributed by atoms with Crippen LogP contribution in [0.15, 0.2) is 18.3 Å². The van der Waals surface area contributed by atoms with Crippen LogP contribution in [0.5, 0.6) is 11.6 Å². The molecule has 1 spiro atoms. The van der Waals surface area contributed by atoms with E-state index in [0.29, 0.717) is 50.5 Å². The lowest BCUT2D eigenvalue weighted by atomic mass is 9.76. The van der Waals surface area contributed by atoms with Crippen LogP contribution < -0.4 is 15.2 Å². The van der Waals surface area contributed by atoms with Crippen LogP contribution in [0.1, 0.15) is 57.8 Å². The second-order valence-corrected chi connectivity index (χ2v) is 8.50. The van der Waals surface area contributed by atoms with Crippen LogP contribution in [0.4, 0.5) is 0 Å². The molecule has 2 amide bonds. The molecule has 1 saturated carbocycles. The number of hydrogen-bond donors (Lipinski definition) is 1. The van der Waals surface area contributed by atoms with Crippen LogP contribution in [-0.4, -0.2) is 47.0 Å². The van der Waals surface area contributed by atoms with Crippen molar-refractivity contribution in [3.05, 3.63) is 18.3 Å². The highest BCUT2D eigenvalue weighted by Gasteiger charge is 2.44. The van der Waals surface area contributed by atoms with E-state index >= 15 is 0 Å². The minimum Gasteiger partial charge on any atom is -0.484 e. The normalized spacial score (nSPS) is 24.6. The van der Waals surface area contributed by atoms with Gasteiger partial charge in [-0.2, -0.15) is 0 Å². The van der Waals surface area contributed by atoms with E-state index in [1.807, 2.05) is 12.1 Å². The second-order valence-electron chi connectivity index (χ2n) is 8.50. The first-order chi connectivity index (χ1) is 13.5. The predicted molar refractivity (Wildman–Crippen MR) is 103 cm³/mol. The molecule has 2 N–H and O–H groups in total. The number of nitrogens with zero attached hydrogens (tertiary/aromatic N) is 2. The molecular weight excluding hydrogens is 358 g/mol. The number of rotatable bonds is 6. The molecule has 28 heavy (non-hydrogen) atoms. The number of imide groups is 1. The Hall–Kier alpha value is -2.15. The number of ether oxygens (including phenoxy) is 2. The molecule has 2 fully saturated rings. The standard InChI is InChI=1S/C21H29N3O4/c22-15(11-16-14-27-17-6-3-9-23-20(17)28-16)5-4-10-24-18(25)12-21(13-19(24)26)7-1-2-8-21/h3,6,9,15-16H,1-2,4-5,7-8,10-14,22H2. The van der Waals surface area contributed by atoms with Crippen molar-refractivity contribution in [2.75, 3.05) is 13.2 Å². The minimum atomic E-state index is -0.127. The molecule has 2 atom stereocenters. The number of aromatic nitrogens is 1. The van der Waals surface area contributed by atoms with Crippen molar-refractivity contribution < 1.29 is 19.1 Å². The number of piperidine rings is 1. The van der Waals surface area contributed by atoms with E-state index in [0.717, 1.165) is 32.1 Å². The maximum Gasteiger partial charge on any atom is 0.257 e. The molecule has 0 aromatic carbocycles. The van der Waals surface area contributed by atoms with E-state index < -0.39 is 0 Å². The third-order valence-electron chi connectivity index (χ3n) is 6.28. The fourth-order valence-electron chi connectivity index (χ4n) is 4.79. The van der Waals surface area contributed by atoms with Gasteiger partial charge in [-0.3, -0.25) is 14.5 Å². The Kier molecular flexibility index (Phi) is 5.53. The van der Waals surface area contributed by atoms with Gasteiger partial charge in [0.1, 0.15) is 12.7 Å². The van der Waals surface area contributed by atoms with Crippen LogP contribution in [-0.2, 0) is 9.59 Å². The third-order valence-corrected chi connectivity index (χ3v) is 6.28. The van der Waals surface area contributed by atoms with Crippen molar-refractivity contribution >= 4 is 11.8 Å². The quantitative estimate of drug-likeness (QED) is 0.754. The summed E-state index contributed by atoms with van der Waals surface area (Å²) in [5, 5.41) is 0. The molecule has 1 aliphatic carbocycles. The Bertz CT molecular complexity index is 712. The molecule has 2 aliphatic heterocycles. The molecular formula is C21H29N3O4. The van der Waals surface area contributed by atoms with E-state index in [2.05, 4.69) is 4.98 Å². The Labute approximate surface area is 165 Å². The van der Waals surface area contributed by atoms with E-state index in [9.17, 15) is 9.59 Å². The number of carbonyl (C=O) groups excluding carboxylic acids is 2. The number of likely N-dealkylation sites (tertiary alicyclic amines) is 1. The van der Waals surface area contributed by atoms with E-state index in [1.54, 1.807) is 6.20 Å². The predicted octanol–water partition coefficient (Wildman–Crippen LogP) is 2.43. The van der Waals surface area contributed by atoms with Gasteiger partial charge in [-0.1, -0.05) is 12.8 Å². The topological polar surface area (TPSA) is 94.8 Å².